The van der Waals surface area contributed by atoms with E-state index < -0.39 is 37.3 Å². The van der Waals surface area contributed by atoms with E-state index in [0.717, 1.165) is 10.6 Å². The van der Waals surface area contributed by atoms with Crippen molar-refractivity contribution in [2.45, 2.75) is 25.3 Å². The predicted octanol–water partition coefficient (Wildman–Crippen LogP) is 3.46. The molecule has 1 N–H and O–H groups in total. The van der Waals surface area contributed by atoms with Crippen LogP contribution >= 0.6 is 11.6 Å². The minimum absolute atomic E-state index is 0.0899. The van der Waals surface area contributed by atoms with Crippen LogP contribution in [0.1, 0.15) is 29.9 Å². The van der Waals surface area contributed by atoms with E-state index in [9.17, 15) is 26.9 Å². The number of hydrogen-bond acceptors (Lipinski definition) is 7. The average Bonchev–Trinajstić information content (AvgIpc) is 3.66. The first-order valence-electron chi connectivity index (χ1n) is 12.1. The van der Waals surface area contributed by atoms with E-state index in [1.165, 1.54) is 17.5 Å². The van der Waals surface area contributed by atoms with Crippen molar-refractivity contribution in [2.75, 3.05) is 35.2 Å². The highest BCUT2D eigenvalue weighted by molar-refractivity contribution is 7.92. The Morgan fingerprint density at radius 1 is 1.21 bits per heavy atom. The number of nitrogens with zero attached hydrogens (tertiary/aromatic N) is 4. The van der Waals surface area contributed by atoms with E-state index >= 15 is 0 Å². The van der Waals surface area contributed by atoms with Crippen LogP contribution in [0.3, 0.4) is 0 Å². The zero-order valence-electron chi connectivity index (χ0n) is 21.3. The van der Waals surface area contributed by atoms with Gasteiger partial charge in [-0.2, -0.15) is 9.57 Å². The maximum Gasteiger partial charge on any atom is 0.233 e. The Bertz CT molecular complexity index is 1750. The van der Waals surface area contributed by atoms with Gasteiger partial charge in [0.1, 0.15) is 0 Å². The molecule has 2 aromatic carbocycles. The fraction of sp³-hybridized carbons (Fsp3) is 0.346. The molecule has 1 aromatic heterocycles. The maximum absolute atomic E-state index is 13.7. The van der Waals surface area contributed by atoms with Gasteiger partial charge in [0.05, 0.1) is 47.0 Å². The first-order valence-corrected chi connectivity index (χ1v) is 16.0. The van der Waals surface area contributed by atoms with Crippen LogP contribution in [0.2, 0.25) is 5.02 Å². The van der Waals surface area contributed by atoms with Crippen LogP contribution in [-0.2, 0) is 31.4 Å². The quantitative estimate of drug-likeness (QED) is 0.446. The van der Waals surface area contributed by atoms with Gasteiger partial charge in [0.25, 0.3) is 0 Å². The second-order valence-corrected chi connectivity index (χ2v) is 14.6. The molecule has 204 valence electrons. The van der Waals surface area contributed by atoms with Gasteiger partial charge in [-0.3, -0.25) is 14.1 Å². The van der Waals surface area contributed by atoms with Crippen LogP contribution in [0, 0.1) is 16.7 Å². The lowest BCUT2D eigenvalue weighted by Gasteiger charge is -2.34. The van der Waals surface area contributed by atoms with E-state index in [-0.39, 0.29) is 18.8 Å². The fourth-order valence-corrected chi connectivity index (χ4v) is 7.40. The summed E-state index contributed by atoms with van der Waals surface area (Å²) in [7, 11) is -5.83. The highest BCUT2D eigenvalue weighted by Crippen LogP contribution is 2.47. The molecule has 1 fully saturated rings. The van der Waals surface area contributed by atoms with E-state index in [2.05, 4.69) is 16.4 Å². The molecule has 2 aliphatic rings. The number of aromatic nitrogens is 1. The van der Waals surface area contributed by atoms with Crippen molar-refractivity contribution in [3.05, 3.63) is 64.9 Å². The third kappa shape index (κ3) is 5.45. The summed E-state index contributed by atoms with van der Waals surface area (Å²) in [6.45, 7) is -0.00288. The molecule has 1 aliphatic carbocycles. The molecular formula is C26H26ClN5O5S2. The molecule has 1 amide bonds. The van der Waals surface area contributed by atoms with Gasteiger partial charge in [-0.15, -0.1) is 0 Å². The van der Waals surface area contributed by atoms with Crippen LogP contribution in [0.25, 0.3) is 10.8 Å². The van der Waals surface area contributed by atoms with Crippen LogP contribution in [0.4, 0.5) is 11.4 Å². The SMILES string of the molecule is CN(c1ccc2c(NC(=O)C3CN(S(=O)(=O)CC4(C#N)CC4)Cc4ccc(Cl)cc43)cncc2c1)S(C)(=O)=O. The smallest absolute Gasteiger partial charge is 0.233 e. The summed E-state index contributed by atoms with van der Waals surface area (Å²) >= 11 is 6.24. The van der Waals surface area contributed by atoms with Crippen molar-refractivity contribution in [1.82, 2.24) is 9.29 Å². The molecule has 5 rings (SSSR count). The van der Waals surface area contributed by atoms with Crippen LogP contribution in [0.15, 0.2) is 48.8 Å². The van der Waals surface area contributed by atoms with Crippen LogP contribution < -0.4 is 9.62 Å². The summed E-state index contributed by atoms with van der Waals surface area (Å²) < 4.78 is 52.9. The van der Waals surface area contributed by atoms with Crippen LogP contribution in [0.5, 0.6) is 0 Å². The number of benzene rings is 2. The Morgan fingerprint density at radius 2 is 1.95 bits per heavy atom. The molecule has 0 bridgehead atoms. The van der Waals surface area contributed by atoms with Gasteiger partial charge < -0.3 is 5.32 Å². The Balaban J connectivity index is 1.46. The third-order valence-electron chi connectivity index (χ3n) is 7.34. The average molecular weight is 588 g/mol. The summed E-state index contributed by atoms with van der Waals surface area (Å²) in [5.74, 6) is -1.57. The Kier molecular flexibility index (Phi) is 6.83. The molecule has 1 aliphatic heterocycles. The highest BCUT2D eigenvalue weighted by Gasteiger charge is 2.49. The van der Waals surface area contributed by atoms with E-state index in [1.54, 1.807) is 42.6 Å². The zero-order chi connectivity index (χ0) is 28.2. The Morgan fingerprint density at radius 3 is 2.62 bits per heavy atom. The van der Waals surface area contributed by atoms with Gasteiger partial charge in [0.2, 0.25) is 26.0 Å². The van der Waals surface area contributed by atoms with Crippen molar-refractivity contribution in [3.63, 3.8) is 0 Å². The standard InChI is InChI=1S/C26H26ClN5O5S2/c1-31(38(2,34)35)20-5-6-21-18(9-20)11-29-12-24(21)30-25(33)23-14-32(13-17-3-4-19(27)10-22(17)23)39(36,37)16-26(15-28)7-8-26/h3-6,9-12,23H,7-8,13-14,16H2,1-2H3,(H,30,33). The van der Waals surface area contributed by atoms with Gasteiger partial charge >= 0.3 is 0 Å². The van der Waals surface area contributed by atoms with Crippen molar-refractivity contribution in [3.8, 4) is 6.07 Å². The summed E-state index contributed by atoms with van der Waals surface area (Å²) in [5.41, 5.74) is 1.29. The molecule has 1 atom stereocenters. The number of carbonyl (C=O) groups excluding carboxylic acids is 1. The molecule has 3 aromatic rings. The lowest BCUT2D eigenvalue weighted by molar-refractivity contribution is -0.118. The minimum Gasteiger partial charge on any atom is -0.324 e. The summed E-state index contributed by atoms with van der Waals surface area (Å²) in [4.78, 5) is 17.9. The zero-order valence-corrected chi connectivity index (χ0v) is 23.6. The van der Waals surface area contributed by atoms with Crippen LogP contribution in [-0.4, -0.2) is 57.6 Å². The molecule has 0 saturated heterocycles. The molecular weight excluding hydrogens is 562 g/mol. The highest BCUT2D eigenvalue weighted by atomic mass is 35.5. The van der Waals surface area contributed by atoms with E-state index in [4.69, 9.17) is 11.6 Å². The summed E-state index contributed by atoms with van der Waals surface area (Å²) in [6, 6.07) is 12.2. The lowest BCUT2D eigenvalue weighted by atomic mass is 9.90. The van der Waals surface area contributed by atoms with E-state index in [1.807, 2.05) is 0 Å². The fourth-order valence-electron chi connectivity index (χ4n) is 4.78. The number of anilines is 2. The second kappa shape index (κ2) is 9.75. The summed E-state index contributed by atoms with van der Waals surface area (Å²) in [6.07, 6.45) is 5.25. The third-order valence-corrected chi connectivity index (χ3v) is 10.8. The molecule has 1 unspecified atom stereocenters. The van der Waals surface area contributed by atoms with Crippen molar-refractivity contribution < 1.29 is 21.6 Å². The van der Waals surface area contributed by atoms with E-state index in [0.29, 0.717) is 51.1 Å². The molecule has 1 saturated carbocycles. The van der Waals surface area contributed by atoms with Gasteiger partial charge in [0, 0.05) is 42.1 Å². The maximum atomic E-state index is 13.7. The number of rotatable bonds is 7. The lowest BCUT2D eigenvalue weighted by Crippen LogP contribution is -2.44. The largest absolute Gasteiger partial charge is 0.324 e. The summed E-state index contributed by atoms with van der Waals surface area (Å²) in [5, 5.41) is 14.0. The number of hydrogen-bond donors (Lipinski definition) is 1. The molecule has 2 heterocycles. The van der Waals surface area contributed by atoms with Gasteiger partial charge in [0.15, 0.2) is 0 Å². The number of carbonyl (C=O) groups is 1. The Hall–Kier alpha value is -3.24. The predicted molar refractivity (Wildman–Crippen MR) is 149 cm³/mol. The molecule has 0 radical (unpaired) electrons. The number of nitriles is 1. The number of fused-ring (bicyclic) bond motifs is 2. The first-order chi connectivity index (χ1) is 18.3. The molecule has 0 spiro atoms. The van der Waals surface area contributed by atoms with Crippen molar-refractivity contribution >= 4 is 59.7 Å². The van der Waals surface area contributed by atoms with Crippen molar-refractivity contribution in [2.24, 2.45) is 5.41 Å². The van der Waals surface area contributed by atoms with Crippen molar-refractivity contribution in [1.29, 1.82) is 5.26 Å². The monoisotopic (exact) mass is 587 g/mol. The number of halogens is 1. The molecule has 39 heavy (non-hydrogen) atoms. The number of amides is 1. The number of nitrogens with one attached hydrogen (secondary N) is 1. The normalized spacial score (nSPS) is 18.7. The molecule has 13 heteroatoms. The second-order valence-electron chi connectivity index (χ2n) is 10.1. The topological polar surface area (TPSA) is 141 Å². The number of sulfonamides is 2. The first kappa shape index (κ1) is 27.3. The Labute approximate surface area is 232 Å². The van der Waals surface area contributed by atoms with Gasteiger partial charge in [-0.25, -0.2) is 16.8 Å². The minimum atomic E-state index is -3.81. The number of pyridine rings is 1. The van der Waals surface area contributed by atoms with Gasteiger partial charge in [-0.05, 0) is 48.2 Å². The van der Waals surface area contributed by atoms with Gasteiger partial charge in [-0.1, -0.05) is 23.7 Å². The molecule has 10 nitrogen and oxygen atoms in total.